The van der Waals surface area contributed by atoms with Crippen LogP contribution >= 0.6 is 0 Å². The summed E-state index contributed by atoms with van der Waals surface area (Å²) in [6, 6.07) is 6.71. The first kappa shape index (κ1) is 9.22. The molecule has 2 nitrogen and oxygen atoms in total. The number of fused-ring (bicyclic) bond motifs is 1. The summed E-state index contributed by atoms with van der Waals surface area (Å²) in [6.45, 7) is 2.95. The molecular formula is C13H17NO. The fourth-order valence-electron chi connectivity index (χ4n) is 2.66. The fraction of sp³-hybridized carbons (Fsp3) is 0.538. The average Bonchev–Trinajstić information content (AvgIpc) is 2.82. The largest absolute Gasteiger partial charge is 0.385 e. The molecule has 3 rings (SSSR count). The number of hydrogen-bond donors (Lipinski definition) is 1. The zero-order valence-corrected chi connectivity index (χ0v) is 8.96. The highest BCUT2D eigenvalue weighted by Gasteiger charge is 2.22. The molecule has 2 heterocycles. The predicted molar refractivity (Wildman–Crippen MR) is 61.4 cm³/mol. The Hall–Kier alpha value is -1.02. The van der Waals surface area contributed by atoms with Gasteiger partial charge in [0, 0.05) is 24.8 Å². The molecule has 2 aliphatic heterocycles. The number of anilines is 1. The summed E-state index contributed by atoms with van der Waals surface area (Å²) in [5.74, 6) is 0.616. The number of ether oxygens (including phenoxy) is 1. The first-order valence-electron chi connectivity index (χ1n) is 5.88. The van der Waals surface area contributed by atoms with Crippen LogP contribution in [-0.4, -0.2) is 19.8 Å². The number of benzene rings is 1. The third-order valence-electron chi connectivity index (χ3n) is 3.48. The lowest BCUT2D eigenvalue weighted by molar-refractivity contribution is 0.194. The van der Waals surface area contributed by atoms with Crippen molar-refractivity contribution in [2.75, 3.05) is 25.1 Å². The van der Waals surface area contributed by atoms with Crippen LogP contribution in [0, 0.1) is 0 Å². The van der Waals surface area contributed by atoms with Crippen molar-refractivity contribution >= 4 is 5.69 Å². The van der Waals surface area contributed by atoms with Gasteiger partial charge in [0.2, 0.25) is 0 Å². The molecule has 0 aromatic heterocycles. The summed E-state index contributed by atoms with van der Waals surface area (Å²) in [4.78, 5) is 0. The summed E-state index contributed by atoms with van der Waals surface area (Å²) in [7, 11) is 0. The third-order valence-corrected chi connectivity index (χ3v) is 3.48. The van der Waals surface area contributed by atoms with E-state index in [-0.39, 0.29) is 0 Å². The van der Waals surface area contributed by atoms with Crippen molar-refractivity contribution in [1.82, 2.24) is 0 Å². The molecule has 1 aromatic rings. The van der Waals surface area contributed by atoms with E-state index in [9.17, 15) is 0 Å². The monoisotopic (exact) mass is 203 g/mol. The zero-order chi connectivity index (χ0) is 10.1. The molecular weight excluding hydrogens is 186 g/mol. The van der Waals surface area contributed by atoms with Gasteiger partial charge in [-0.3, -0.25) is 0 Å². The molecule has 80 valence electrons. The molecule has 0 aliphatic carbocycles. The van der Waals surface area contributed by atoms with Crippen LogP contribution in [0.1, 0.15) is 29.9 Å². The topological polar surface area (TPSA) is 21.3 Å². The van der Waals surface area contributed by atoms with Gasteiger partial charge in [-0.05, 0) is 30.4 Å². The zero-order valence-electron chi connectivity index (χ0n) is 8.96. The van der Waals surface area contributed by atoms with Crippen molar-refractivity contribution in [2.24, 2.45) is 0 Å². The Morgan fingerprint density at radius 3 is 3.20 bits per heavy atom. The molecule has 0 saturated carbocycles. The van der Waals surface area contributed by atoms with E-state index in [2.05, 4.69) is 23.5 Å². The molecule has 1 fully saturated rings. The lowest BCUT2D eigenvalue weighted by Crippen LogP contribution is -2.15. The Morgan fingerprint density at radius 1 is 1.33 bits per heavy atom. The van der Waals surface area contributed by atoms with Gasteiger partial charge < -0.3 is 10.1 Å². The van der Waals surface area contributed by atoms with Gasteiger partial charge >= 0.3 is 0 Å². The summed E-state index contributed by atoms with van der Waals surface area (Å²) >= 11 is 0. The van der Waals surface area contributed by atoms with Crippen molar-refractivity contribution < 1.29 is 4.74 Å². The van der Waals surface area contributed by atoms with E-state index in [1.54, 1.807) is 0 Å². The molecule has 1 saturated heterocycles. The Labute approximate surface area is 90.6 Å². The van der Waals surface area contributed by atoms with Crippen LogP contribution < -0.4 is 5.32 Å². The quantitative estimate of drug-likeness (QED) is 0.757. The van der Waals surface area contributed by atoms with Gasteiger partial charge in [0.05, 0.1) is 6.61 Å². The smallest absolute Gasteiger partial charge is 0.0536 e. The number of aryl methyl sites for hydroxylation is 1. The maximum absolute atomic E-state index is 5.47. The van der Waals surface area contributed by atoms with Gasteiger partial charge in [0.15, 0.2) is 0 Å². The SMILES string of the molecule is c1cc2c(c(C3CCOC3)c1)NCCC2. The van der Waals surface area contributed by atoms with E-state index in [1.807, 2.05) is 0 Å². The minimum Gasteiger partial charge on any atom is -0.385 e. The van der Waals surface area contributed by atoms with Gasteiger partial charge in [0.25, 0.3) is 0 Å². The van der Waals surface area contributed by atoms with Crippen LogP contribution in [0.2, 0.25) is 0 Å². The summed E-state index contributed by atoms with van der Waals surface area (Å²) in [6.07, 6.45) is 3.67. The van der Waals surface area contributed by atoms with Gasteiger partial charge in [0.1, 0.15) is 0 Å². The van der Waals surface area contributed by atoms with E-state index in [0.29, 0.717) is 5.92 Å². The van der Waals surface area contributed by atoms with Crippen LogP contribution in [-0.2, 0) is 11.2 Å². The van der Waals surface area contributed by atoms with E-state index in [0.717, 1.165) is 19.8 Å². The predicted octanol–water partition coefficient (Wildman–Crippen LogP) is 2.55. The fourth-order valence-corrected chi connectivity index (χ4v) is 2.66. The molecule has 0 radical (unpaired) electrons. The normalized spacial score (nSPS) is 24.7. The number of nitrogens with one attached hydrogen (secondary N) is 1. The second-order valence-electron chi connectivity index (χ2n) is 4.47. The summed E-state index contributed by atoms with van der Waals surface area (Å²) < 4.78 is 5.47. The van der Waals surface area contributed by atoms with Crippen LogP contribution in [0.3, 0.4) is 0 Å². The standard InChI is InChI=1S/C13H17NO/c1-3-10-4-2-7-14-13(10)12(5-1)11-6-8-15-9-11/h1,3,5,11,14H,2,4,6-9H2. The molecule has 0 spiro atoms. The van der Waals surface area contributed by atoms with E-state index in [1.165, 1.54) is 36.1 Å². The first-order chi connectivity index (χ1) is 7.45. The van der Waals surface area contributed by atoms with Crippen molar-refractivity contribution in [1.29, 1.82) is 0 Å². The van der Waals surface area contributed by atoms with Gasteiger partial charge in [-0.15, -0.1) is 0 Å². The second kappa shape index (κ2) is 3.86. The molecule has 1 unspecified atom stereocenters. The minimum atomic E-state index is 0.616. The van der Waals surface area contributed by atoms with Crippen molar-refractivity contribution in [3.8, 4) is 0 Å². The van der Waals surface area contributed by atoms with Crippen LogP contribution in [0.25, 0.3) is 0 Å². The van der Waals surface area contributed by atoms with Crippen LogP contribution in [0.4, 0.5) is 5.69 Å². The molecule has 15 heavy (non-hydrogen) atoms. The Balaban J connectivity index is 1.99. The van der Waals surface area contributed by atoms with Crippen LogP contribution in [0.5, 0.6) is 0 Å². The maximum Gasteiger partial charge on any atom is 0.0536 e. The first-order valence-corrected chi connectivity index (χ1v) is 5.88. The highest BCUT2D eigenvalue weighted by Crippen LogP contribution is 2.35. The molecule has 1 atom stereocenters. The number of hydrogen-bond acceptors (Lipinski definition) is 2. The van der Waals surface area contributed by atoms with E-state index < -0.39 is 0 Å². The van der Waals surface area contributed by atoms with Gasteiger partial charge in [-0.2, -0.15) is 0 Å². The van der Waals surface area contributed by atoms with Crippen molar-refractivity contribution in [3.05, 3.63) is 29.3 Å². The van der Waals surface area contributed by atoms with Crippen molar-refractivity contribution in [2.45, 2.75) is 25.2 Å². The van der Waals surface area contributed by atoms with E-state index in [4.69, 9.17) is 4.74 Å². The van der Waals surface area contributed by atoms with Gasteiger partial charge in [-0.1, -0.05) is 18.2 Å². The number of para-hydroxylation sites is 1. The molecule has 2 aliphatic rings. The highest BCUT2D eigenvalue weighted by molar-refractivity contribution is 5.60. The third kappa shape index (κ3) is 1.63. The minimum absolute atomic E-state index is 0.616. The van der Waals surface area contributed by atoms with Gasteiger partial charge in [-0.25, -0.2) is 0 Å². The lowest BCUT2D eigenvalue weighted by Gasteiger charge is -2.23. The molecule has 1 N–H and O–H groups in total. The van der Waals surface area contributed by atoms with Crippen LogP contribution in [0.15, 0.2) is 18.2 Å². The Kier molecular flexibility index (Phi) is 2.37. The van der Waals surface area contributed by atoms with Crippen molar-refractivity contribution in [3.63, 3.8) is 0 Å². The molecule has 2 heteroatoms. The average molecular weight is 203 g/mol. The summed E-state index contributed by atoms with van der Waals surface area (Å²) in [5.41, 5.74) is 4.37. The maximum atomic E-state index is 5.47. The highest BCUT2D eigenvalue weighted by atomic mass is 16.5. The molecule has 0 bridgehead atoms. The number of rotatable bonds is 1. The second-order valence-corrected chi connectivity index (χ2v) is 4.47. The lowest BCUT2D eigenvalue weighted by atomic mass is 9.91. The summed E-state index contributed by atoms with van der Waals surface area (Å²) in [5, 5.41) is 3.55. The van der Waals surface area contributed by atoms with E-state index >= 15 is 0 Å². The Bertz CT molecular complexity index is 356. The molecule has 1 aromatic carbocycles. The molecule has 0 amide bonds. The Morgan fingerprint density at radius 2 is 2.33 bits per heavy atom.